The molecular formula is C16H31N3O2. The van der Waals surface area contributed by atoms with Crippen molar-refractivity contribution in [1.29, 1.82) is 0 Å². The molecule has 2 aliphatic rings. The Hall–Kier alpha value is -0.810. The number of ether oxygens (including phenoxy) is 1. The molecule has 5 heteroatoms. The van der Waals surface area contributed by atoms with Gasteiger partial charge in [-0.1, -0.05) is 0 Å². The van der Waals surface area contributed by atoms with Gasteiger partial charge in [-0.15, -0.1) is 0 Å². The van der Waals surface area contributed by atoms with Crippen LogP contribution >= 0.6 is 0 Å². The lowest BCUT2D eigenvalue weighted by molar-refractivity contribution is 0.0193. The van der Waals surface area contributed by atoms with E-state index < -0.39 is 5.60 Å². The second-order valence-corrected chi connectivity index (χ2v) is 7.51. The summed E-state index contributed by atoms with van der Waals surface area (Å²) in [5.74, 6) is 0. The van der Waals surface area contributed by atoms with Crippen molar-refractivity contribution in [2.75, 3.05) is 33.2 Å². The van der Waals surface area contributed by atoms with Crippen LogP contribution in [0.4, 0.5) is 4.79 Å². The van der Waals surface area contributed by atoms with Gasteiger partial charge in [0.15, 0.2) is 0 Å². The van der Waals surface area contributed by atoms with Crippen molar-refractivity contribution in [3.8, 4) is 0 Å². The highest BCUT2D eigenvalue weighted by molar-refractivity contribution is 5.68. The highest BCUT2D eigenvalue weighted by Gasteiger charge is 2.28. The number of piperidine rings is 2. The van der Waals surface area contributed by atoms with Gasteiger partial charge in [-0.05, 0) is 60.0 Å². The normalized spacial score (nSPS) is 25.9. The van der Waals surface area contributed by atoms with Gasteiger partial charge in [-0.2, -0.15) is 0 Å². The summed E-state index contributed by atoms with van der Waals surface area (Å²) in [6, 6.07) is 1.15. The third-order valence-corrected chi connectivity index (χ3v) is 4.24. The number of likely N-dealkylation sites (tertiary alicyclic amines) is 2. The molecule has 122 valence electrons. The zero-order valence-electron chi connectivity index (χ0n) is 14.0. The maximum Gasteiger partial charge on any atom is 0.410 e. The molecular weight excluding hydrogens is 266 g/mol. The maximum atomic E-state index is 12.0. The topological polar surface area (TPSA) is 44.8 Å². The molecule has 5 nitrogen and oxygen atoms in total. The molecule has 21 heavy (non-hydrogen) atoms. The summed E-state index contributed by atoms with van der Waals surface area (Å²) in [5.41, 5.74) is -0.404. The molecule has 2 fully saturated rings. The lowest BCUT2D eigenvalue weighted by Crippen LogP contribution is -2.52. The smallest absolute Gasteiger partial charge is 0.410 e. The fourth-order valence-corrected chi connectivity index (χ4v) is 3.19. The van der Waals surface area contributed by atoms with Crippen LogP contribution in [0.25, 0.3) is 0 Å². The summed E-state index contributed by atoms with van der Waals surface area (Å²) in [7, 11) is 2.19. The molecule has 0 spiro atoms. The molecule has 0 aromatic heterocycles. The van der Waals surface area contributed by atoms with Gasteiger partial charge < -0.3 is 19.9 Å². The molecule has 0 radical (unpaired) electrons. The molecule has 2 heterocycles. The fourth-order valence-electron chi connectivity index (χ4n) is 3.19. The number of hydrogen-bond donors (Lipinski definition) is 1. The van der Waals surface area contributed by atoms with Gasteiger partial charge in [0, 0.05) is 31.7 Å². The molecule has 1 atom stereocenters. The highest BCUT2D eigenvalue weighted by Crippen LogP contribution is 2.17. The minimum absolute atomic E-state index is 0.168. The van der Waals surface area contributed by atoms with Crippen molar-refractivity contribution in [2.24, 2.45) is 0 Å². The quantitative estimate of drug-likeness (QED) is 0.847. The number of amides is 1. The largest absolute Gasteiger partial charge is 0.444 e. The third kappa shape index (κ3) is 5.47. The van der Waals surface area contributed by atoms with Crippen molar-refractivity contribution >= 4 is 6.09 Å². The Labute approximate surface area is 129 Å². The predicted molar refractivity (Wildman–Crippen MR) is 84.5 cm³/mol. The molecule has 2 aliphatic heterocycles. The number of nitrogens with one attached hydrogen (secondary N) is 1. The molecule has 0 saturated carbocycles. The van der Waals surface area contributed by atoms with Crippen LogP contribution in [-0.4, -0.2) is 66.8 Å². The summed E-state index contributed by atoms with van der Waals surface area (Å²) >= 11 is 0. The Balaban J connectivity index is 1.71. The number of carbonyl (C=O) groups is 1. The van der Waals surface area contributed by atoms with Crippen molar-refractivity contribution in [3.63, 3.8) is 0 Å². The van der Waals surface area contributed by atoms with Crippen LogP contribution in [0.5, 0.6) is 0 Å². The Morgan fingerprint density at radius 1 is 1.10 bits per heavy atom. The van der Waals surface area contributed by atoms with Crippen molar-refractivity contribution in [1.82, 2.24) is 15.1 Å². The number of hydrogen-bond acceptors (Lipinski definition) is 4. The summed E-state index contributed by atoms with van der Waals surface area (Å²) in [6.07, 6.45) is 4.44. The molecule has 1 amide bonds. The van der Waals surface area contributed by atoms with E-state index in [0.29, 0.717) is 12.1 Å². The molecule has 0 aromatic carbocycles. The standard InChI is InChI=1S/C16H31N3O2/c1-16(2,3)21-15(20)19-10-7-13(8-11-19)17-14-6-5-9-18(4)12-14/h13-14,17H,5-12H2,1-4H3. The number of carbonyl (C=O) groups excluding carboxylic acids is 1. The lowest BCUT2D eigenvalue weighted by Gasteiger charge is -2.37. The molecule has 1 unspecified atom stereocenters. The first-order chi connectivity index (χ1) is 9.83. The average Bonchev–Trinajstić information content (AvgIpc) is 2.37. The first-order valence-corrected chi connectivity index (χ1v) is 8.26. The predicted octanol–water partition coefficient (Wildman–Crippen LogP) is 2.07. The van der Waals surface area contributed by atoms with E-state index in [1.165, 1.54) is 19.4 Å². The average molecular weight is 297 g/mol. The molecule has 2 rings (SSSR count). The van der Waals surface area contributed by atoms with Crippen LogP contribution in [0.1, 0.15) is 46.5 Å². The number of likely N-dealkylation sites (N-methyl/N-ethyl adjacent to an activating group) is 1. The van der Waals surface area contributed by atoms with Crippen LogP contribution in [-0.2, 0) is 4.74 Å². The summed E-state index contributed by atoms with van der Waals surface area (Å²) < 4.78 is 5.44. The van der Waals surface area contributed by atoms with Gasteiger partial charge in [0.05, 0.1) is 0 Å². The Morgan fingerprint density at radius 3 is 2.33 bits per heavy atom. The SMILES string of the molecule is CN1CCCC(NC2CCN(C(=O)OC(C)(C)C)CC2)C1. The van der Waals surface area contributed by atoms with Crippen LogP contribution in [0, 0.1) is 0 Å². The summed E-state index contributed by atoms with van der Waals surface area (Å²) in [6.45, 7) is 9.71. The second kappa shape index (κ2) is 6.97. The van der Waals surface area contributed by atoms with Crippen LogP contribution < -0.4 is 5.32 Å². The molecule has 0 aliphatic carbocycles. The van der Waals surface area contributed by atoms with Crippen molar-refractivity contribution in [2.45, 2.75) is 64.1 Å². The van der Waals surface area contributed by atoms with E-state index in [1.54, 1.807) is 0 Å². The van der Waals surface area contributed by atoms with Crippen LogP contribution in [0.2, 0.25) is 0 Å². The Kier molecular flexibility index (Phi) is 5.49. The van der Waals surface area contributed by atoms with Gasteiger partial charge in [0.2, 0.25) is 0 Å². The van der Waals surface area contributed by atoms with Crippen LogP contribution in [0.15, 0.2) is 0 Å². The van der Waals surface area contributed by atoms with Crippen LogP contribution in [0.3, 0.4) is 0 Å². The van der Waals surface area contributed by atoms with E-state index in [0.717, 1.165) is 32.5 Å². The van der Waals surface area contributed by atoms with E-state index >= 15 is 0 Å². The van der Waals surface area contributed by atoms with Gasteiger partial charge in [0.1, 0.15) is 5.60 Å². The second-order valence-electron chi connectivity index (χ2n) is 7.51. The summed E-state index contributed by atoms with van der Waals surface area (Å²) in [5, 5.41) is 3.78. The van der Waals surface area contributed by atoms with Gasteiger partial charge in [0.25, 0.3) is 0 Å². The Morgan fingerprint density at radius 2 is 1.76 bits per heavy atom. The zero-order chi connectivity index (χ0) is 15.5. The third-order valence-electron chi connectivity index (χ3n) is 4.24. The minimum atomic E-state index is -0.404. The first-order valence-electron chi connectivity index (χ1n) is 8.26. The number of nitrogens with zero attached hydrogens (tertiary/aromatic N) is 2. The summed E-state index contributed by atoms with van der Waals surface area (Å²) in [4.78, 5) is 16.3. The van der Waals surface area contributed by atoms with E-state index in [9.17, 15) is 4.79 Å². The van der Waals surface area contributed by atoms with E-state index in [2.05, 4.69) is 17.3 Å². The molecule has 1 N–H and O–H groups in total. The van der Waals surface area contributed by atoms with Crippen molar-refractivity contribution < 1.29 is 9.53 Å². The van der Waals surface area contributed by atoms with E-state index in [-0.39, 0.29) is 6.09 Å². The Bertz CT molecular complexity index is 346. The molecule has 0 aromatic rings. The molecule has 2 saturated heterocycles. The fraction of sp³-hybridized carbons (Fsp3) is 0.938. The van der Waals surface area contributed by atoms with E-state index in [1.807, 2.05) is 25.7 Å². The lowest BCUT2D eigenvalue weighted by atomic mass is 10.0. The minimum Gasteiger partial charge on any atom is -0.444 e. The van der Waals surface area contributed by atoms with E-state index in [4.69, 9.17) is 4.74 Å². The molecule has 0 bridgehead atoms. The van der Waals surface area contributed by atoms with Gasteiger partial charge in [-0.3, -0.25) is 0 Å². The van der Waals surface area contributed by atoms with Crippen molar-refractivity contribution in [3.05, 3.63) is 0 Å². The monoisotopic (exact) mass is 297 g/mol. The maximum absolute atomic E-state index is 12.0. The van der Waals surface area contributed by atoms with Gasteiger partial charge >= 0.3 is 6.09 Å². The highest BCUT2D eigenvalue weighted by atomic mass is 16.6. The first kappa shape index (κ1) is 16.6. The number of rotatable bonds is 2. The van der Waals surface area contributed by atoms with Gasteiger partial charge in [-0.25, -0.2) is 4.79 Å². The zero-order valence-corrected chi connectivity index (χ0v) is 14.0.